The van der Waals surface area contributed by atoms with Gasteiger partial charge >= 0.3 is 11.9 Å². The van der Waals surface area contributed by atoms with Gasteiger partial charge in [-0.1, -0.05) is 27.7 Å². The number of esters is 2. The van der Waals surface area contributed by atoms with Crippen molar-refractivity contribution in [1.29, 1.82) is 0 Å². The molecule has 0 N–H and O–H groups in total. The zero-order valence-corrected chi connectivity index (χ0v) is 12.9. The monoisotopic (exact) mass is 270 g/mol. The second-order valence-electron chi connectivity index (χ2n) is 6.30. The standard InChI is InChI=1S/C15H26O4/c1-7-11-15(10(3)4,9-12(16)18-11)19-13(17)14(5,6)8-2/h10-11H,7-9H2,1-6H3. The fourth-order valence-electron chi connectivity index (χ4n) is 2.32. The molecule has 1 aliphatic heterocycles. The molecule has 1 heterocycles. The summed E-state index contributed by atoms with van der Waals surface area (Å²) in [6, 6.07) is 0. The van der Waals surface area contributed by atoms with E-state index in [0.717, 1.165) is 0 Å². The summed E-state index contributed by atoms with van der Waals surface area (Å²) in [5.74, 6) is -0.483. The average molecular weight is 270 g/mol. The van der Waals surface area contributed by atoms with Gasteiger partial charge in [0.05, 0.1) is 11.8 Å². The second-order valence-corrected chi connectivity index (χ2v) is 6.30. The Bertz CT molecular complexity index is 359. The third kappa shape index (κ3) is 2.93. The predicted molar refractivity (Wildman–Crippen MR) is 72.5 cm³/mol. The lowest BCUT2D eigenvalue weighted by Gasteiger charge is -2.38. The summed E-state index contributed by atoms with van der Waals surface area (Å²) in [7, 11) is 0. The first-order chi connectivity index (χ1) is 8.69. The Hall–Kier alpha value is -1.06. The van der Waals surface area contributed by atoms with Crippen molar-refractivity contribution >= 4 is 11.9 Å². The summed E-state index contributed by atoms with van der Waals surface area (Å²) in [6.07, 6.45) is 1.18. The maximum absolute atomic E-state index is 12.3. The van der Waals surface area contributed by atoms with Crippen molar-refractivity contribution in [3.63, 3.8) is 0 Å². The van der Waals surface area contributed by atoms with Crippen LogP contribution in [0.1, 0.15) is 60.8 Å². The third-order valence-corrected chi connectivity index (χ3v) is 4.31. The number of carbonyl (C=O) groups excluding carboxylic acids is 2. The molecule has 0 spiro atoms. The maximum atomic E-state index is 12.3. The first kappa shape index (κ1) is 16.0. The van der Waals surface area contributed by atoms with E-state index in [2.05, 4.69) is 0 Å². The Balaban J connectivity index is 3.02. The minimum atomic E-state index is -0.810. The van der Waals surface area contributed by atoms with Crippen molar-refractivity contribution in [3.05, 3.63) is 0 Å². The molecule has 0 bridgehead atoms. The van der Waals surface area contributed by atoms with Gasteiger partial charge in [-0.25, -0.2) is 0 Å². The van der Waals surface area contributed by atoms with Crippen LogP contribution in [0.25, 0.3) is 0 Å². The number of cyclic esters (lactones) is 1. The number of rotatable bonds is 5. The van der Waals surface area contributed by atoms with Crippen LogP contribution < -0.4 is 0 Å². The van der Waals surface area contributed by atoms with Crippen LogP contribution in [0.3, 0.4) is 0 Å². The third-order valence-electron chi connectivity index (χ3n) is 4.31. The fourth-order valence-corrected chi connectivity index (χ4v) is 2.32. The molecular formula is C15H26O4. The van der Waals surface area contributed by atoms with Gasteiger partial charge in [-0.15, -0.1) is 0 Å². The topological polar surface area (TPSA) is 52.6 Å². The van der Waals surface area contributed by atoms with E-state index in [4.69, 9.17) is 9.47 Å². The Kier molecular flexibility index (Phi) is 4.64. The molecule has 4 nitrogen and oxygen atoms in total. The van der Waals surface area contributed by atoms with E-state index >= 15 is 0 Å². The van der Waals surface area contributed by atoms with Crippen molar-refractivity contribution in [2.75, 3.05) is 0 Å². The van der Waals surface area contributed by atoms with Gasteiger partial charge < -0.3 is 9.47 Å². The zero-order valence-electron chi connectivity index (χ0n) is 12.9. The molecule has 4 heteroatoms. The zero-order chi connectivity index (χ0) is 14.8. The molecule has 1 fully saturated rings. The van der Waals surface area contributed by atoms with Crippen LogP contribution in [-0.2, 0) is 19.1 Å². The highest BCUT2D eigenvalue weighted by atomic mass is 16.6. The van der Waals surface area contributed by atoms with Gasteiger partial charge in [0.1, 0.15) is 6.10 Å². The van der Waals surface area contributed by atoms with Crippen molar-refractivity contribution in [2.24, 2.45) is 11.3 Å². The van der Waals surface area contributed by atoms with E-state index in [0.29, 0.717) is 12.8 Å². The van der Waals surface area contributed by atoms with Gasteiger partial charge in [-0.2, -0.15) is 0 Å². The lowest BCUT2D eigenvalue weighted by molar-refractivity contribution is -0.184. The van der Waals surface area contributed by atoms with Gasteiger partial charge in [0.2, 0.25) is 0 Å². The summed E-state index contributed by atoms with van der Waals surface area (Å²) >= 11 is 0. The Morgan fingerprint density at radius 3 is 2.47 bits per heavy atom. The first-order valence-corrected chi connectivity index (χ1v) is 7.12. The summed E-state index contributed by atoms with van der Waals surface area (Å²) in [5.41, 5.74) is -1.35. The Morgan fingerprint density at radius 1 is 1.47 bits per heavy atom. The van der Waals surface area contributed by atoms with E-state index in [1.165, 1.54) is 0 Å². The molecule has 19 heavy (non-hydrogen) atoms. The van der Waals surface area contributed by atoms with Crippen molar-refractivity contribution in [2.45, 2.75) is 72.5 Å². The van der Waals surface area contributed by atoms with Gasteiger partial charge in [0.15, 0.2) is 5.60 Å². The molecule has 110 valence electrons. The van der Waals surface area contributed by atoms with Crippen LogP contribution >= 0.6 is 0 Å². The fraction of sp³-hybridized carbons (Fsp3) is 0.867. The molecule has 0 amide bonds. The van der Waals surface area contributed by atoms with Crippen LogP contribution in [0, 0.1) is 11.3 Å². The molecule has 0 aromatic heterocycles. The Labute approximate surface area is 115 Å². The van der Waals surface area contributed by atoms with Crippen LogP contribution in [0.4, 0.5) is 0 Å². The SMILES string of the molecule is CCC1OC(=O)CC1(OC(=O)C(C)(C)CC)C(C)C. The van der Waals surface area contributed by atoms with E-state index in [9.17, 15) is 9.59 Å². The smallest absolute Gasteiger partial charge is 0.312 e. The molecule has 0 aromatic carbocycles. The average Bonchev–Trinajstić information content (AvgIpc) is 2.66. The van der Waals surface area contributed by atoms with Gasteiger partial charge in [0.25, 0.3) is 0 Å². The molecule has 2 atom stereocenters. The van der Waals surface area contributed by atoms with Gasteiger partial charge in [-0.05, 0) is 32.6 Å². The molecular weight excluding hydrogens is 244 g/mol. The largest absolute Gasteiger partial charge is 0.458 e. The Morgan fingerprint density at radius 2 is 2.05 bits per heavy atom. The lowest BCUT2D eigenvalue weighted by atomic mass is 9.81. The van der Waals surface area contributed by atoms with Crippen LogP contribution in [0.2, 0.25) is 0 Å². The summed E-state index contributed by atoms with van der Waals surface area (Å²) in [6.45, 7) is 11.6. The maximum Gasteiger partial charge on any atom is 0.312 e. The molecule has 2 unspecified atom stereocenters. The number of ether oxygens (including phenoxy) is 2. The van der Waals surface area contributed by atoms with E-state index in [1.807, 2.05) is 41.5 Å². The molecule has 1 saturated heterocycles. The number of hydrogen-bond acceptors (Lipinski definition) is 4. The minimum Gasteiger partial charge on any atom is -0.458 e. The molecule has 0 radical (unpaired) electrons. The first-order valence-electron chi connectivity index (χ1n) is 7.12. The van der Waals surface area contributed by atoms with Crippen molar-refractivity contribution in [3.8, 4) is 0 Å². The van der Waals surface area contributed by atoms with Gasteiger partial charge in [-0.3, -0.25) is 9.59 Å². The van der Waals surface area contributed by atoms with Crippen LogP contribution in [-0.4, -0.2) is 23.6 Å². The molecule has 1 aliphatic rings. The highest BCUT2D eigenvalue weighted by Gasteiger charge is 2.54. The quantitative estimate of drug-likeness (QED) is 0.720. The number of carbonyl (C=O) groups is 2. The summed E-state index contributed by atoms with van der Waals surface area (Å²) < 4.78 is 11.1. The van der Waals surface area contributed by atoms with Crippen LogP contribution in [0.15, 0.2) is 0 Å². The highest BCUT2D eigenvalue weighted by Crippen LogP contribution is 2.41. The van der Waals surface area contributed by atoms with E-state index in [-0.39, 0.29) is 30.4 Å². The molecule has 1 rings (SSSR count). The molecule has 0 aliphatic carbocycles. The van der Waals surface area contributed by atoms with Crippen LogP contribution in [0.5, 0.6) is 0 Å². The van der Waals surface area contributed by atoms with Crippen molar-refractivity contribution < 1.29 is 19.1 Å². The summed E-state index contributed by atoms with van der Waals surface area (Å²) in [5, 5.41) is 0. The second kappa shape index (κ2) is 5.51. The summed E-state index contributed by atoms with van der Waals surface area (Å²) in [4.78, 5) is 24.0. The van der Waals surface area contributed by atoms with E-state index in [1.54, 1.807) is 0 Å². The minimum absolute atomic E-state index is 0.0421. The van der Waals surface area contributed by atoms with E-state index < -0.39 is 11.0 Å². The lowest BCUT2D eigenvalue weighted by Crippen LogP contribution is -2.49. The van der Waals surface area contributed by atoms with Crippen molar-refractivity contribution in [1.82, 2.24) is 0 Å². The molecule has 0 aromatic rings. The number of hydrogen-bond donors (Lipinski definition) is 0. The van der Waals surface area contributed by atoms with Gasteiger partial charge in [0, 0.05) is 0 Å². The normalized spacial score (nSPS) is 27.5. The predicted octanol–water partition coefficient (Wildman–Crippen LogP) is 3.09. The molecule has 0 saturated carbocycles. The highest BCUT2D eigenvalue weighted by molar-refractivity contribution is 5.79.